The van der Waals surface area contributed by atoms with Crippen LogP contribution >= 0.6 is 0 Å². The van der Waals surface area contributed by atoms with Crippen molar-refractivity contribution in [2.24, 2.45) is 0 Å². The third-order valence-corrected chi connectivity index (χ3v) is 1.22. The monoisotopic (exact) mass is 153 g/mol. The zero-order valence-electron chi connectivity index (χ0n) is 5.57. The van der Waals surface area contributed by atoms with E-state index in [1.54, 1.807) is 0 Å². The first-order valence-electron chi connectivity index (χ1n) is 2.86. The van der Waals surface area contributed by atoms with Gasteiger partial charge in [-0.1, -0.05) is 5.92 Å². The highest BCUT2D eigenvalue weighted by molar-refractivity contribution is 5.48. The lowest BCUT2D eigenvalue weighted by molar-refractivity contribution is 0.512. The van der Waals surface area contributed by atoms with Crippen LogP contribution in [0.2, 0.25) is 0 Å². The molecule has 0 atom stereocenters. The molecule has 0 aliphatic rings. The Balaban J connectivity index is 3.35. The molecule has 0 saturated carbocycles. The van der Waals surface area contributed by atoms with Crippen LogP contribution in [-0.4, -0.2) is 0 Å². The van der Waals surface area contributed by atoms with Crippen LogP contribution in [0, 0.1) is 24.0 Å². The summed E-state index contributed by atoms with van der Waals surface area (Å²) in [5, 5.41) is 0. The van der Waals surface area contributed by atoms with Gasteiger partial charge in [0, 0.05) is 5.56 Å². The molecule has 0 aromatic heterocycles. The topological polar surface area (TPSA) is 26.0 Å². The third kappa shape index (κ3) is 1.30. The van der Waals surface area contributed by atoms with Crippen LogP contribution in [-0.2, 0) is 0 Å². The molecule has 1 nitrogen and oxygen atoms in total. The first-order valence-corrected chi connectivity index (χ1v) is 2.86. The molecule has 1 rings (SSSR count). The minimum atomic E-state index is -1.05. The summed E-state index contributed by atoms with van der Waals surface area (Å²) in [6.45, 7) is 0. The van der Waals surface area contributed by atoms with Crippen molar-refractivity contribution in [2.45, 2.75) is 0 Å². The SMILES string of the molecule is C#Cc1cc(N)c(F)c(F)c1. The molecule has 56 valence electrons. The zero-order valence-corrected chi connectivity index (χ0v) is 5.57. The average Bonchev–Trinajstić information content (AvgIpc) is 1.99. The molecule has 0 spiro atoms. The van der Waals surface area contributed by atoms with Crippen LogP contribution in [0.4, 0.5) is 14.5 Å². The van der Waals surface area contributed by atoms with Gasteiger partial charge >= 0.3 is 0 Å². The lowest BCUT2D eigenvalue weighted by Crippen LogP contribution is -1.95. The summed E-state index contributed by atoms with van der Waals surface area (Å²) >= 11 is 0. The van der Waals surface area contributed by atoms with Gasteiger partial charge in [0.25, 0.3) is 0 Å². The number of hydrogen-bond acceptors (Lipinski definition) is 1. The molecule has 2 N–H and O–H groups in total. The second-order valence-corrected chi connectivity index (χ2v) is 2.01. The Labute approximate surface area is 62.8 Å². The van der Waals surface area contributed by atoms with Crippen molar-refractivity contribution < 1.29 is 8.78 Å². The number of rotatable bonds is 0. The smallest absolute Gasteiger partial charge is 0.181 e. The quantitative estimate of drug-likeness (QED) is 0.444. The van der Waals surface area contributed by atoms with Crippen molar-refractivity contribution in [3.05, 3.63) is 29.3 Å². The lowest BCUT2D eigenvalue weighted by Gasteiger charge is -1.97. The Morgan fingerprint density at radius 2 is 2.00 bits per heavy atom. The molecule has 0 saturated heterocycles. The van der Waals surface area contributed by atoms with Gasteiger partial charge in [-0.25, -0.2) is 8.78 Å². The second kappa shape index (κ2) is 2.59. The van der Waals surface area contributed by atoms with Crippen LogP contribution in [0.1, 0.15) is 5.56 Å². The summed E-state index contributed by atoms with van der Waals surface area (Å²) in [6, 6.07) is 2.13. The highest BCUT2D eigenvalue weighted by Crippen LogP contribution is 2.15. The highest BCUT2D eigenvalue weighted by atomic mass is 19.2. The van der Waals surface area contributed by atoms with Gasteiger partial charge in [0.1, 0.15) is 0 Å². The van der Waals surface area contributed by atoms with E-state index in [0.29, 0.717) is 0 Å². The molecule has 1 aromatic rings. The van der Waals surface area contributed by atoms with E-state index < -0.39 is 11.6 Å². The predicted octanol–water partition coefficient (Wildman–Crippen LogP) is 1.53. The largest absolute Gasteiger partial charge is 0.396 e. The number of anilines is 1. The van der Waals surface area contributed by atoms with E-state index in [0.717, 1.165) is 6.07 Å². The summed E-state index contributed by atoms with van der Waals surface area (Å²) < 4.78 is 25.0. The lowest BCUT2D eigenvalue weighted by atomic mass is 10.2. The molecule has 3 heteroatoms. The number of halogens is 2. The molecule has 0 amide bonds. The van der Waals surface area contributed by atoms with Crippen molar-refractivity contribution in [3.63, 3.8) is 0 Å². The summed E-state index contributed by atoms with van der Waals surface area (Å²) in [7, 11) is 0. The van der Waals surface area contributed by atoms with E-state index >= 15 is 0 Å². The van der Waals surface area contributed by atoms with E-state index in [4.69, 9.17) is 12.2 Å². The molecule has 0 unspecified atom stereocenters. The van der Waals surface area contributed by atoms with Gasteiger partial charge < -0.3 is 5.73 Å². The molecule has 0 aliphatic carbocycles. The van der Waals surface area contributed by atoms with E-state index in [1.807, 2.05) is 0 Å². The van der Waals surface area contributed by atoms with Gasteiger partial charge in [0.2, 0.25) is 0 Å². The fourth-order valence-electron chi connectivity index (χ4n) is 0.694. The molecule has 0 fully saturated rings. The first kappa shape index (κ1) is 7.55. The normalized spacial score (nSPS) is 9.18. The fraction of sp³-hybridized carbons (Fsp3) is 0. The minimum absolute atomic E-state index is 0.237. The van der Waals surface area contributed by atoms with Gasteiger partial charge in [-0.2, -0.15) is 0 Å². The van der Waals surface area contributed by atoms with Gasteiger partial charge in [0.15, 0.2) is 11.6 Å². The molecule has 0 bridgehead atoms. The first-order chi connectivity index (χ1) is 5.15. The Bertz CT molecular complexity index is 302. The van der Waals surface area contributed by atoms with Gasteiger partial charge in [-0.05, 0) is 12.1 Å². The fourth-order valence-corrected chi connectivity index (χ4v) is 0.694. The van der Waals surface area contributed by atoms with Crippen LogP contribution in [0.3, 0.4) is 0 Å². The maximum Gasteiger partial charge on any atom is 0.181 e. The Morgan fingerprint density at radius 1 is 1.36 bits per heavy atom. The number of terminal acetylenes is 1. The highest BCUT2D eigenvalue weighted by Gasteiger charge is 2.05. The molecule has 1 aromatic carbocycles. The van der Waals surface area contributed by atoms with Gasteiger partial charge in [-0.15, -0.1) is 6.42 Å². The molecule has 0 aliphatic heterocycles. The number of nitrogen functional groups attached to an aromatic ring is 1. The van der Waals surface area contributed by atoms with Crippen molar-refractivity contribution in [2.75, 3.05) is 5.73 Å². The maximum atomic E-state index is 12.5. The summed E-state index contributed by atoms with van der Waals surface area (Å²) in [5.41, 5.74) is 5.06. The van der Waals surface area contributed by atoms with Crippen LogP contribution in [0.5, 0.6) is 0 Å². The van der Waals surface area contributed by atoms with Gasteiger partial charge in [-0.3, -0.25) is 0 Å². The third-order valence-electron chi connectivity index (χ3n) is 1.22. The second-order valence-electron chi connectivity index (χ2n) is 2.01. The minimum Gasteiger partial charge on any atom is -0.396 e. The van der Waals surface area contributed by atoms with Crippen molar-refractivity contribution >= 4 is 5.69 Å². The van der Waals surface area contributed by atoms with Crippen LogP contribution in [0.25, 0.3) is 0 Å². The number of benzene rings is 1. The summed E-state index contributed by atoms with van der Waals surface area (Å²) in [6.07, 6.45) is 4.94. The molecule has 0 heterocycles. The Morgan fingerprint density at radius 3 is 2.45 bits per heavy atom. The van der Waals surface area contributed by atoms with E-state index in [9.17, 15) is 8.78 Å². The van der Waals surface area contributed by atoms with Crippen LogP contribution in [0.15, 0.2) is 12.1 Å². The summed E-state index contributed by atoms with van der Waals surface area (Å²) in [4.78, 5) is 0. The van der Waals surface area contributed by atoms with E-state index in [1.165, 1.54) is 6.07 Å². The van der Waals surface area contributed by atoms with E-state index in [-0.39, 0.29) is 11.3 Å². The zero-order chi connectivity index (χ0) is 8.43. The molecule has 11 heavy (non-hydrogen) atoms. The van der Waals surface area contributed by atoms with Crippen molar-refractivity contribution in [1.82, 2.24) is 0 Å². The Kier molecular flexibility index (Phi) is 1.77. The number of nitrogens with two attached hydrogens (primary N) is 1. The Hall–Kier alpha value is -1.56. The van der Waals surface area contributed by atoms with Crippen molar-refractivity contribution in [1.29, 1.82) is 0 Å². The van der Waals surface area contributed by atoms with Crippen LogP contribution < -0.4 is 5.73 Å². The van der Waals surface area contributed by atoms with E-state index in [2.05, 4.69) is 5.92 Å². The number of hydrogen-bond donors (Lipinski definition) is 1. The molecule has 0 radical (unpaired) electrons. The molecular weight excluding hydrogens is 148 g/mol. The van der Waals surface area contributed by atoms with Crippen molar-refractivity contribution in [3.8, 4) is 12.3 Å². The molecular formula is C8H5F2N. The maximum absolute atomic E-state index is 12.5. The average molecular weight is 153 g/mol. The predicted molar refractivity (Wildman–Crippen MR) is 38.7 cm³/mol. The standard InChI is InChI=1S/C8H5F2N/c1-2-5-3-6(9)8(10)7(11)4-5/h1,3-4H,11H2. The summed E-state index contributed by atoms with van der Waals surface area (Å²) in [5.74, 6) is 0.0815. The van der Waals surface area contributed by atoms with Gasteiger partial charge in [0.05, 0.1) is 5.69 Å².